The molecule has 32 heavy (non-hydrogen) atoms. The number of carbonyl (C=O) groups excluding carboxylic acids is 1. The highest BCUT2D eigenvalue weighted by atomic mass is 35.5. The van der Waals surface area contributed by atoms with Crippen molar-refractivity contribution in [2.45, 2.75) is 27.7 Å². The number of hydrogen-bond acceptors (Lipinski definition) is 6. The normalized spacial score (nSPS) is 10.8. The molecule has 2 aromatic carbocycles. The molecule has 0 fully saturated rings. The molecule has 1 heterocycles. The summed E-state index contributed by atoms with van der Waals surface area (Å²) in [7, 11) is 3.17. The Kier molecular flexibility index (Phi) is 9.31. The van der Waals surface area contributed by atoms with Crippen LogP contribution in [0.5, 0.6) is 11.5 Å². The van der Waals surface area contributed by atoms with Gasteiger partial charge in [-0.3, -0.25) is 9.69 Å². The molecule has 0 radical (unpaired) electrons. The number of aromatic nitrogens is 1. The Labute approximate surface area is 200 Å². The van der Waals surface area contributed by atoms with Gasteiger partial charge >= 0.3 is 0 Å². The third-order valence-corrected chi connectivity index (χ3v) is 6.45. The van der Waals surface area contributed by atoms with Crippen LogP contribution in [-0.2, 0) is 0 Å². The second kappa shape index (κ2) is 11.5. The Balaban J connectivity index is 0.00000363. The Bertz CT molecular complexity index is 1040. The number of hydrogen-bond donors (Lipinski definition) is 0. The van der Waals surface area contributed by atoms with E-state index >= 15 is 0 Å². The average Bonchev–Trinajstić information content (AvgIpc) is 3.20. The van der Waals surface area contributed by atoms with Crippen molar-refractivity contribution in [2.24, 2.45) is 0 Å². The van der Waals surface area contributed by atoms with Gasteiger partial charge in [0.05, 0.1) is 24.4 Å². The van der Waals surface area contributed by atoms with E-state index in [1.54, 1.807) is 48.7 Å². The van der Waals surface area contributed by atoms with Crippen LogP contribution in [0.1, 0.15) is 35.3 Å². The maximum absolute atomic E-state index is 13.7. The molecule has 0 spiro atoms. The van der Waals surface area contributed by atoms with E-state index in [0.29, 0.717) is 28.7 Å². The highest BCUT2D eigenvalue weighted by Crippen LogP contribution is 2.33. The molecule has 0 aliphatic rings. The van der Waals surface area contributed by atoms with E-state index in [4.69, 9.17) is 14.5 Å². The van der Waals surface area contributed by atoms with Crippen molar-refractivity contribution < 1.29 is 14.3 Å². The van der Waals surface area contributed by atoms with Crippen molar-refractivity contribution in [3.8, 4) is 11.5 Å². The smallest absolute Gasteiger partial charge is 0.260 e. The molecule has 8 heteroatoms. The Morgan fingerprint density at radius 1 is 0.969 bits per heavy atom. The van der Waals surface area contributed by atoms with Crippen LogP contribution in [0.25, 0.3) is 10.2 Å². The molecule has 0 saturated carbocycles. The van der Waals surface area contributed by atoms with Gasteiger partial charge < -0.3 is 14.4 Å². The molecule has 0 saturated heterocycles. The lowest BCUT2D eigenvalue weighted by atomic mass is 10.1. The first-order valence-electron chi connectivity index (χ1n) is 10.5. The first kappa shape index (κ1) is 25.9. The standard InChI is InChI=1S/C24H31N3O3S.ClH/c1-7-26(8-2)9-10-27(23(28)18-13-19(29-5)15-20(14-18)30-6)24-25-22-17(4)11-16(3)12-21(22)31-24;/h11-15H,7-10H2,1-6H3;1H. The van der Waals surface area contributed by atoms with Crippen molar-refractivity contribution >= 4 is 45.0 Å². The van der Waals surface area contributed by atoms with Crippen molar-refractivity contribution in [3.05, 3.63) is 47.0 Å². The van der Waals surface area contributed by atoms with Gasteiger partial charge in [0.1, 0.15) is 11.5 Å². The minimum Gasteiger partial charge on any atom is -0.497 e. The van der Waals surface area contributed by atoms with E-state index in [1.807, 2.05) is 0 Å². The van der Waals surface area contributed by atoms with Crippen LogP contribution in [0.15, 0.2) is 30.3 Å². The zero-order chi connectivity index (χ0) is 22.5. The van der Waals surface area contributed by atoms with Gasteiger partial charge in [0.2, 0.25) is 0 Å². The lowest BCUT2D eigenvalue weighted by Gasteiger charge is -2.25. The Morgan fingerprint density at radius 2 is 1.59 bits per heavy atom. The minimum absolute atomic E-state index is 0. The SMILES string of the molecule is CCN(CC)CCN(C(=O)c1cc(OC)cc(OC)c1)c1nc2c(C)cc(C)cc2s1.Cl. The number of amides is 1. The number of anilines is 1. The van der Waals surface area contributed by atoms with Gasteiger partial charge in [0.25, 0.3) is 5.91 Å². The number of ether oxygens (including phenoxy) is 2. The lowest BCUT2D eigenvalue weighted by Crippen LogP contribution is -2.38. The first-order chi connectivity index (χ1) is 14.9. The monoisotopic (exact) mass is 477 g/mol. The maximum atomic E-state index is 13.7. The number of likely N-dealkylation sites (N-methyl/N-ethyl adjacent to an activating group) is 1. The highest BCUT2D eigenvalue weighted by Gasteiger charge is 2.23. The van der Waals surface area contributed by atoms with Gasteiger partial charge in [-0.25, -0.2) is 4.98 Å². The number of nitrogens with zero attached hydrogens (tertiary/aromatic N) is 3. The summed E-state index contributed by atoms with van der Waals surface area (Å²) >= 11 is 1.56. The summed E-state index contributed by atoms with van der Waals surface area (Å²) in [4.78, 5) is 22.6. The van der Waals surface area contributed by atoms with E-state index in [-0.39, 0.29) is 18.3 Å². The van der Waals surface area contributed by atoms with E-state index in [0.717, 1.165) is 35.4 Å². The molecule has 0 N–H and O–H groups in total. The quantitative estimate of drug-likeness (QED) is 0.416. The summed E-state index contributed by atoms with van der Waals surface area (Å²) < 4.78 is 11.8. The lowest BCUT2D eigenvalue weighted by molar-refractivity contribution is 0.0983. The summed E-state index contributed by atoms with van der Waals surface area (Å²) in [6, 6.07) is 9.52. The zero-order valence-electron chi connectivity index (χ0n) is 19.6. The maximum Gasteiger partial charge on any atom is 0.260 e. The molecule has 0 unspecified atom stereocenters. The third kappa shape index (κ3) is 5.71. The molecule has 174 valence electrons. The van der Waals surface area contributed by atoms with Gasteiger partial charge in [-0.1, -0.05) is 31.3 Å². The van der Waals surface area contributed by atoms with Gasteiger partial charge in [-0.2, -0.15) is 0 Å². The van der Waals surface area contributed by atoms with Gasteiger partial charge in [-0.15, -0.1) is 12.4 Å². The molecule has 0 bridgehead atoms. The number of carbonyl (C=O) groups is 1. The molecular formula is C24H32ClN3O3S. The number of methoxy groups -OCH3 is 2. The highest BCUT2D eigenvalue weighted by molar-refractivity contribution is 7.22. The molecule has 1 amide bonds. The summed E-state index contributed by atoms with van der Waals surface area (Å²) in [6.07, 6.45) is 0. The van der Waals surface area contributed by atoms with E-state index in [9.17, 15) is 4.79 Å². The molecule has 6 nitrogen and oxygen atoms in total. The molecule has 0 aliphatic carbocycles. The van der Waals surface area contributed by atoms with Gasteiger partial charge in [0, 0.05) is 24.7 Å². The largest absolute Gasteiger partial charge is 0.497 e. The number of aryl methyl sites for hydroxylation is 2. The van der Waals surface area contributed by atoms with Crippen molar-refractivity contribution in [1.82, 2.24) is 9.88 Å². The number of thiazole rings is 1. The Hall–Kier alpha value is -2.35. The van der Waals surface area contributed by atoms with Crippen LogP contribution in [0.2, 0.25) is 0 Å². The summed E-state index contributed by atoms with van der Waals surface area (Å²) in [5.74, 6) is 1.06. The van der Waals surface area contributed by atoms with Crippen molar-refractivity contribution in [2.75, 3.05) is 45.3 Å². The van der Waals surface area contributed by atoms with Crippen LogP contribution >= 0.6 is 23.7 Å². The molecule has 0 atom stereocenters. The van der Waals surface area contributed by atoms with Gasteiger partial charge in [-0.05, 0) is 56.3 Å². The number of halogens is 1. The van der Waals surface area contributed by atoms with E-state index in [2.05, 4.69) is 44.7 Å². The average molecular weight is 478 g/mol. The van der Waals surface area contributed by atoms with Crippen LogP contribution in [0.4, 0.5) is 5.13 Å². The van der Waals surface area contributed by atoms with Crippen LogP contribution < -0.4 is 14.4 Å². The van der Waals surface area contributed by atoms with Gasteiger partial charge in [0.15, 0.2) is 5.13 Å². The fourth-order valence-corrected chi connectivity index (χ4v) is 4.79. The first-order valence-corrected chi connectivity index (χ1v) is 11.4. The second-order valence-corrected chi connectivity index (χ2v) is 8.52. The predicted octanol–water partition coefficient (Wildman–Crippen LogP) is 5.34. The van der Waals surface area contributed by atoms with Crippen LogP contribution in [-0.4, -0.2) is 56.2 Å². The van der Waals surface area contributed by atoms with E-state index < -0.39 is 0 Å². The van der Waals surface area contributed by atoms with Crippen LogP contribution in [0, 0.1) is 13.8 Å². The van der Waals surface area contributed by atoms with E-state index in [1.165, 1.54) is 5.56 Å². The minimum atomic E-state index is -0.113. The Morgan fingerprint density at radius 3 is 2.16 bits per heavy atom. The van der Waals surface area contributed by atoms with Crippen LogP contribution in [0.3, 0.4) is 0 Å². The second-order valence-electron chi connectivity index (χ2n) is 7.51. The summed E-state index contributed by atoms with van der Waals surface area (Å²) in [5, 5.41) is 0.711. The van der Waals surface area contributed by atoms with Crippen molar-refractivity contribution in [1.29, 1.82) is 0 Å². The topological polar surface area (TPSA) is 54.9 Å². The zero-order valence-corrected chi connectivity index (χ0v) is 21.2. The fourth-order valence-electron chi connectivity index (χ4n) is 3.63. The third-order valence-electron chi connectivity index (χ3n) is 5.43. The summed E-state index contributed by atoms with van der Waals surface area (Å²) in [6.45, 7) is 11.6. The number of rotatable bonds is 9. The summed E-state index contributed by atoms with van der Waals surface area (Å²) in [5.41, 5.74) is 3.79. The number of fused-ring (bicyclic) bond motifs is 1. The molecular weight excluding hydrogens is 446 g/mol. The fraction of sp³-hybridized carbons (Fsp3) is 0.417. The molecule has 0 aliphatic heterocycles. The predicted molar refractivity (Wildman–Crippen MR) is 135 cm³/mol. The molecule has 3 rings (SSSR count). The molecule has 1 aromatic heterocycles. The molecule has 3 aromatic rings. The van der Waals surface area contributed by atoms with Crippen molar-refractivity contribution in [3.63, 3.8) is 0 Å². The number of benzene rings is 2.